The number of hydrogen-bond acceptors (Lipinski definition) is 2. The zero-order valence-corrected chi connectivity index (χ0v) is 13.8. The number of aryl methyl sites for hydroxylation is 1. The summed E-state index contributed by atoms with van der Waals surface area (Å²) in [5, 5.41) is 0. The number of fused-ring (bicyclic) bond motifs is 1. The minimum atomic E-state index is -3.53. The van der Waals surface area contributed by atoms with Crippen molar-refractivity contribution >= 4 is 16.1 Å². The lowest BCUT2D eigenvalue weighted by Gasteiger charge is -2.19. The normalized spacial score (nSPS) is 20.2. The molecule has 4 heteroatoms. The van der Waals surface area contributed by atoms with Crippen LogP contribution in [-0.4, -0.2) is 8.42 Å². The molecule has 0 bridgehead atoms. The van der Waals surface area contributed by atoms with Gasteiger partial charge in [-0.1, -0.05) is 48.0 Å². The van der Waals surface area contributed by atoms with Crippen molar-refractivity contribution in [3.63, 3.8) is 0 Å². The van der Waals surface area contributed by atoms with E-state index in [2.05, 4.69) is 16.9 Å². The molecule has 0 saturated heterocycles. The van der Waals surface area contributed by atoms with Crippen molar-refractivity contribution < 1.29 is 8.42 Å². The molecule has 0 aromatic heterocycles. The molecule has 1 N–H and O–H groups in total. The molecule has 118 valence electrons. The van der Waals surface area contributed by atoms with Crippen molar-refractivity contribution in [2.45, 2.75) is 30.7 Å². The summed E-state index contributed by atoms with van der Waals surface area (Å²) in [6.45, 7) is 1.95. The summed E-state index contributed by atoms with van der Waals surface area (Å²) < 4.78 is 28.4. The maximum Gasteiger partial charge on any atom is 0.241 e. The standard InChI is InChI=1S/C19H19NO2S/c1-13-6-10-16(11-7-13)23(21,22)20-19-17-5-3-2-4-15(17)12-18(19)14-8-9-14/h2-7,10-12,14,19-20H,8-9H2,1H3/t19-/m1/s1. The second-order valence-electron chi connectivity index (χ2n) is 6.41. The van der Waals surface area contributed by atoms with Gasteiger partial charge in [0, 0.05) is 0 Å². The lowest BCUT2D eigenvalue weighted by Crippen LogP contribution is -2.29. The summed E-state index contributed by atoms with van der Waals surface area (Å²) in [6.07, 6.45) is 4.47. The molecule has 4 rings (SSSR count). The van der Waals surface area contributed by atoms with Gasteiger partial charge in [0.05, 0.1) is 10.9 Å². The van der Waals surface area contributed by atoms with Gasteiger partial charge >= 0.3 is 0 Å². The van der Waals surface area contributed by atoms with Crippen LogP contribution in [-0.2, 0) is 10.0 Å². The van der Waals surface area contributed by atoms with Crippen LogP contribution in [0.15, 0.2) is 59.0 Å². The number of sulfonamides is 1. The molecule has 0 radical (unpaired) electrons. The SMILES string of the molecule is Cc1ccc(S(=O)(=O)N[C@H]2C(C3CC3)=Cc3ccccc32)cc1. The summed E-state index contributed by atoms with van der Waals surface area (Å²) in [4.78, 5) is 0.322. The van der Waals surface area contributed by atoms with E-state index in [-0.39, 0.29) is 6.04 Å². The minimum absolute atomic E-state index is 0.231. The highest BCUT2D eigenvalue weighted by molar-refractivity contribution is 7.89. The first-order valence-electron chi connectivity index (χ1n) is 7.94. The molecule has 0 heterocycles. The Kier molecular flexibility index (Phi) is 3.39. The first kappa shape index (κ1) is 14.7. The average molecular weight is 325 g/mol. The van der Waals surface area contributed by atoms with Crippen LogP contribution in [0.1, 0.15) is 35.6 Å². The first-order valence-corrected chi connectivity index (χ1v) is 9.42. The zero-order valence-electron chi connectivity index (χ0n) is 13.0. The molecule has 2 aromatic carbocycles. The van der Waals surface area contributed by atoms with E-state index in [1.807, 2.05) is 37.3 Å². The molecule has 0 spiro atoms. The van der Waals surface area contributed by atoms with Gasteiger partial charge in [-0.2, -0.15) is 4.72 Å². The predicted octanol–water partition coefficient (Wildman–Crippen LogP) is 3.82. The van der Waals surface area contributed by atoms with Crippen molar-refractivity contribution in [1.82, 2.24) is 4.72 Å². The molecular weight excluding hydrogens is 306 g/mol. The van der Waals surface area contributed by atoms with Crippen LogP contribution in [0.5, 0.6) is 0 Å². The Labute approximate surface area is 137 Å². The average Bonchev–Trinajstić information content (AvgIpc) is 3.31. The fourth-order valence-corrected chi connectivity index (χ4v) is 4.39. The third-order valence-corrected chi connectivity index (χ3v) is 6.05. The van der Waals surface area contributed by atoms with E-state index in [0.29, 0.717) is 10.8 Å². The van der Waals surface area contributed by atoms with E-state index in [9.17, 15) is 8.42 Å². The van der Waals surface area contributed by atoms with Crippen LogP contribution in [0.4, 0.5) is 0 Å². The van der Waals surface area contributed by atoms with Crippen molar-refractivity contribution in [3.8, 4) is 0 Å². The topological polar surface area (TPSA) is 46.2 Å². The Morgan fingerprint density at radius 1 is 1.00 bits per heavy atom. The lowest BCUT2D eigenvalue weighted by atomic mass is 10.0. The van der Waals surface area contributed by atoms with Gasteiger partial charge < -0.3 is 0 Å². The number of nitrogens with one attached hydrogen (secondary N) is 1. The Hall–Kier alpha value is -1.91. The quantitative estimate of drug-likeness (QED) is 0.929. The maximum atomic E-state index is 12.8. The lowest BCUT2D eigenvalue weighted by molar-refractivity contribution is 0.568. The van der Waals surface area contributed by atoms with E-state index in [1.165, 1.54) is 5.57 Å². The van der Waals surface area contributed by atoms with Gasteiger partial charge in [-0.3, -0.25) is 0 Å². The number of benzene rings is 2. The third kappa shape index (κ3) is 2.73. The highest BCUT2D eigenvalue weighted by Gasteiger charge is 2.37. The van der Waals surface area contributed by atoms with Gasteiger partial charge in [0.1, 0.15) is 0 Å². The minimum Gasteiger partial charge on any atom is -0.207 e. The highest BCUT2D eigenvalue weighted by atomic mass is 32.2. The van der Waals surface area contributed by atoms with E-state index in [4.69, 9.17) is 0 Å². The molecule has 2 aromatic rings. The molecule has 23 heavy (non-hydrogen) atoms. The highest BCUT2D eigenvalue weighted by Crippen LogP contribution is 2.48. The van der Waals surface area contributed by atoms with Gasteiger partial charge in [0.25, 0.3) is 0 Å². The smallest absolute Gasteiger partial charge is 0.207 e. The van der Waals surface area contributed by atoms with Crippen molar-refractivity contribution in [1.29, 1.82) is 0 Å². The third-order valence-electron chi connectivity index (χ3n) is 4.62. The zero-order chi connectivity index (χ0) is 16.0. The Morgan fingerprint density at radius 2 is 1.70 bits per heavy atom. The molecule has 2 aliphatic carbocycles. The van der Waals surface area contributed by atoms with Crippen LogP contribution in [0.2, 0.25) is 0 Å². The Balaban J connectivity index is 1.69. The van der Waals surface area contributed by atoms with Gasteiger partial charge in [-0.25, -0.2) is 8.42 Å². The second-order valence-corrected chi connectivity index (χ2v) is 8.13. The Morgan fingerprint density at radius 3 is 2.39 bits per heavy atom. The fraction of sp³-hybridized carbons (Fsp3) is 0.263. The number of hydrogen-bond donors (Lipinski definition) is 1. The number of rotatable bonds is 4. The molecular formula is C19H19NO2S. The molecule has 1 fully saturated rings. The van der Waals surface area contributed by atoms with E-state index >= 15 is 0 Å². The van der Waals surface area contributed by atoms with Gasteiger partial charge in [0.2, 0.25) is 10.0 Å². The van der Waals surface area contributed by atoms with Crippen LogP contribution >= 0.6 is 0 Å². The largest absolute Gasteiger partial charge is 0.241 e. The van der Waals surface area contributed by atoms with Crippen LogP contribution in [0, 0.1) is 12.8 Å². The molecule has 1 atom stereocenters. The van der Waals surface area contributed by atoms with Crippen molar-refractivity contribution in [3.05, 3.63) is 70.8 Å². The molecule has 0 unspecified atom stereocenters. The van der Waals surface area contributed by atoms with E-state index in [1.54, 1.807) is 12.1 Å². The first-order chi connectivity index (χ1) is 11.0. The maximum absolute atomic E-state index is 12.8. The Bertz CT molecular complexity index is 878. The van der Waals surface area contributed by atoms with Crippen LogP contribution < -0.4 is 4.72 Å². The van der Waals surface area contributed by atoms with Gasteiger partial charge in [0.15, 0.2) is 0 Å². The van der Waals surface area contributed by atoms with Crippen LogP contribution in [0.3, 0.4) is 0 Å². The summed E-state index contributed by atoms with van der Waals surface area (Å²) in [5.74, 6) is 0.521. The fourth-order valence-electron chi connectivity index (χ4n) is 3.19. The molecule has 2 aliphatic rings. The van der Waals surface area contributed by atoms with Gasteiger partial charge in [-0.05, 0) is 54.5 Å². The monoisotopic (exact) mass is 325 g/mol. The van der Waals surface area contributed by atoms with Gasteiger partial charge in [-0.15, -0.1) is 0 Å². The van der Waals surface area contributed by atoms with Crippen LogP contribution in [0.25, 0.3) is 6.08 Å². The van der Waals surface area contributed by atoms with E-state index in [0.717, 1.165) is 29.5 Å². The molecule has 0 aliphatic heterocycles. The molecule has 0 amide bonds. The summed E-state index contributed by atoms with van der Waals surface area (Å²) in [5.41, 5.74) is 4.45. The molecule has 1 saturated carbocycles. The second kappa shape index (κ2) is 5.32. The van der Waals surface area contributed by atoms with E-state index < -0.39 is 10.0 Å². The predicted molar refractivity (Wildman–Crippen MR) is 91.4 cm³/mol. The molecule has 3 nitrogen and oxygen atoms in total. The van der Waals surface area contributed by atoms with Crippen molar-refractivity contribution in [2.75, 3.05) is 0 Å². The summed E-state index contributed by atoms with van der Waals surface area (Å²) >= 11 is 0. The summed E-state index contributed by atoms with van der Waals surface area (Å²) in [6, 6.07) is 14.8. The summed E-state index contributed by atoms with van der Waals surface area (Å²) in [7, 11) is -3.53. The van der Waals surface area contributed by atoms with Crippen molar-refractivity contribution in [2.24, 2.45) is 5.92 Å².